The number of amides is 1. The van der Waals surface area contributed by atoms with Gasteiger partial charge < -0.3 is 9.42 Å². The summed E-state index contributed by atoms with van der Waals surface area (Å²) in [5.41, 5.74) is 2.55. The van der Waals surface area contributed by atoms with E-state index in [1.165, 1.54) is 11.1 Å². The number of para-hydroxylation sites is 1. The van der Waals surface area contributed by atoms with Gasteiger partial charge >= 0.3 is 0 Å². The SMILES string of the molecule is CCCCN(CC)c1ccc(N(C(=O)c2cnoc2C)c2c(Cl)cccc2Cl)cc1. The number of hydrogen-bond acceptors (Lipinski definition) is 4. The summed E-state index contributed by atoms with van der Waals surface area (Å²) >= 11 is 12.9. The molecule has 5 nitrogen and oxygen atoms in total. The number of hydrogen-bond donors (Lipinski definition) is 0. The number of rotatable bonds is 8. The van der Waals surface area contributed by atoms with Gasteiger partial charge in [0.1, 0.15) is 11.3 Å². The monoisotopic (exact) mass is 445 g/mol. The first-order valence-corrected chi connectivity index (χ1v) is 10.8. The molecule has 0 bridgehead atoms. The van der Waals surface area contributed by atoms with Crippen molar-refractivity contribution < 1.29 is 9.32 Å². The minimum atomic E-state index is -0.310. The van der Waals surface area contributed by atoms with Crippen molar-refractivity contribution in [3.63, 3.8) is 0 Å². The number of aryl methyl sites for hydroxylation is 1. The number of benzene rings is 2. The molecule has 158 valence electrons. The Bertz CT molecular complexity index is 982. The van der Waals surface area contributed by atoms with E-state index in [0.29, 0.717) is 32.7 Å². The van der Waals surface area contributed by atoms with Crippen LogP contribution in [0.4, 0.5) is 17.1 Å². The second-order valence-corrected chi connectivity index (χ2v) is 7.77. The van der Waals surface area contributed by atoms with Crippen LogP contribution >= 0.6 is 23.2 Å². The fourth-order valence-corrected chi connectivity index (χ4v) is 3.87. The topological polar surface area (TPSA) is 49.6 Å². The van der Waals surface area contributed by atoms with Crippen molar-refractivity contribution in [2.24, 2.45) is 0 Å². The van der Waals surface area contributed by atoms with E-state index in [9.17, 15) is 4.79 Å². The Labute approximate surface area is 187 Å². The van der Waals surface area contributed by atoms with Crippen LogP contribution in [0.3, 0.4) is 0 Å². The van der Waals surface area contributed by atoms with E-state index in [1.54, 1.807) is 25.1 Å². The smallest absolute Gasteiger partial charge is 0.268 e. The van der Waals surface area contributed by atoms with Crippen LogP contribution in [-0.4, -0.2) is 24.2 Å². The summed E-state index contributed by atoms with van der Waals surface area (Å²) in [7, 11) is 0. The molecule has 0 unspecified atom stereocenters. The molecular weight excluding hydrogens is 421 g/mol. The molecule has 1 aromatic heterocycles. The van der Waals surface area contributed by atoms with E-state index in [0.717, 1.165) is 31.6 Å². The van der Waals surface area contributed by atoms with Gasteiger partial charge in [0.2, 0.25) is 0 Å². The highest BCUT2D eigenvalue weighted by Gasteiger charge is 2.27. The quantitative estimate of drug-likeness (QED) is 0.378. The summed E-state index contributed by atoms with van der Waals surface area (Å²) in [4.78, 5) is 17.3. The Kier molecular flexibility index (Phi) is 7.40. The van der Waals surface area contributed by atoms with Gasteiger partial charge in [-0.15, -0.1) is 0 Å². The summed E-state index contributed by atoms with van der Waals surface area (Å²) in [6.07, 6.45) is 3.68. The summed E-state index contributed by atoms with van der Waals surface area (Å²) in [5, 5.41) is 4.50. The standard InChI is InChI=1S/C23H25Cl2N3O2/c1-4-6-14-27(5-2)17-10-12-18(13-11-17)28(22-20(24)8-7-9-21(22)25)23(29)19-15-26-30-16(19)3/h7-13,15H,4-6,14H2,1-3H3. The molecule has 3 aromatic rings. The molecule has 7 heteroatoms. The molecule has 1 amide bonds. The number of aromatic nitrogens is 1. The molecule has 0 aliphatic rings. The molecule has 3 rings (SSSR count). The zero-order chi connectivity index (χ0) is 21.7. The highest BCUT2D eigenvalue weighted by molar-refractivity contribution is 6.40. The van der Waals surface area contributed by atoms with Gasteiger partial charge in [-0.2, -0.15) is 0 Å². The van der Waals surface area contributed by atoms with Gasteiger partial charge in [-0.3, -0.25) is 9.69 Å². The van der Waals surface area contributed by atoms with Gasteiger partial charge in [0.25, 0.3) is 5.91 Å². The zero-order valence-electron chi connectivity index (χ0n) is 17.4. The van der Waals surface area contributed by atoms with Gasteiger partial charge in [0.05, 0.1) is 21.9 Å². The second kappa shape index (κ2) is 10.0. The number of nitrogens with zero attached hydrogens (tertiary/aromatic N) is 3. The summed E-state index contributed by atoms with van der Waals surface area (Å²) in [6, 6.07) is 13.0. The molecule has 0 radical (unpaired) electrons. The van der Waals surface area contributed by atoms with Crippen molar-refractivity contribution in [3.8, 4) is 0 Å². The molecule has 2 aromatic carbocycles. The molecule has 0 N–H and O–H groups in total. The Hall–Kier alpha value is -2.50. The van der Waals surface area contributed by atoms with Crippen LogP contribution in [-0.2, 0) is 0 Å². The summed E-state index contributed by atoms with van der Waals surface area (Å²) < 4.78 is 5.10. The lowest BCUT2D eigenvalue weighted by Gasteiger charge is -2.27. The summed E-state index contributed by atoms with van der Waals surface area (Å²) in [5.74, 6) is 0.122. The number of unbranched alkanes of at least 4 members (excludes halogenated alkanes) is 1. The molecular formula is C23H25Cl2N3O2. The lowest BCUT2D eigenvalue weighted by molar-refractivity contribution is 0.0998. The molecule has 0 saturated heterocycles. The van der Waals surface area contributed by atoms with Crippen molar-refractivity contribution in [2.75, 3.05) is 22.9 Å². The van der Waals surface area contributed by atoms with Crippen molar-refractivity contribution in [1.29, 1.82) is 0 Å². The normalized spacial score (nSPS) is 10.8. The molecule has 0 aliphatic carbocycles. The van der Waals surface area contributed by atoms with Crippen molar-refractivity contribution in [3.05, 3.63) is 70.0 Å². The average molecular weight is 446 g/mol. The minimum absolute atomic E-state index is 0.310. The van der Waals surface area contributed by atoms with Crippen molar-refractivity contribution in [2.45, 2.75) is 33.6 Å². The first-order chi connectivity index (χ1) is 14.5. The Balaban J connectivity index is 2.05. The fourth-order valence-electron chi connectivity index (χ4n) is 3.31. The van der Waals surface area contributed by atoms with Gasteiger partial charge in [-0.05, 0) is 56.7 Å². The highest BCUT2D eigenvalue weighted by atomic mass is 35.5. The van der Waals surface area contributed by atoms with E-state index in [1.807, 2.05) is 24.3 Å². The first kappa shape index (κ1) is 22.2. The lowest BCUT2D eigenvalue weighted by Crippen LogP contribution is -2.27. The molecule has 0 fully saturated rings. The molecule has 1 heterocycles. The maximum Gasteiger partial charge on any atom is 0.268 e. The molecule has 0 atom stereocenters. The molecule has 0 aliphatic heterocycles. The molecule has 0 spiro atoms. The fraction of sp³-hybridized carbons (Fsp3) is 0.304. The van der Waals surface area contributed by atoms with Crippen molar-refractivity contribution >= 4 is 46.2 Å². The van der Waals surface area contributed by atoms with E-state index in [-0.39, 0.29) is 5.91 Å². The van der Waals surface area contributed by atoms with Crippen LogP contribution in [0, 0.1) is 6.92 Å². The van der Waals surface area contributed by atoms with E-state index in [2.05, 4.69) is 23.9 Å². The van der Waals surface area contributed by atoms with Gasteiger partial charge in [-0.25, -0.2) is 0 Å². The van der Waals surface area contributed by atoms with Gasteiger partial charge in [0, 0.05) is 24.5 Å². The maximum absolute atomic E-state index is 13.4. The minimum Gasteiger partial charge on any atom is -0.372 e. The largest absolute Gasteiger partial charge is 0.372 e. The van der Waals surface area contributed by atoms with Crippen LogP contribution < -0.4 is 9.80 Å². The Morgan fingerprint density at radius 1 is 1.03 bits per heavy atom. The van der Waals surface area contributed by atoms with E-state index < -0.39 is 0 Å². The highest BCUT2D eigenvalue weighted by Crippen LogP contribution is 2.39. The second-order valence-electron chi connectivity index (χ2n) is 6.96. The lowest BCUT2D eigenvalue weighted by atomic mass is 10.1. The molecule has 30 heavy (non-hydrogen) atoms. The van der Waals surface area contributed by atoms with Crippen LogP contribution in [0.25, 0.3) is 0 Å². The third-order valence-electron chi connectivity index (χ3n) is 4.98. The van der Waals surface area contributed by atoms with Gasteiger partial charge in [-0.1, -0.05) is 47.8 Å². The average Bonchev–Trinajstić information content (AvgIpc) is 3.17. The third kappa shape index (κ3) is 4.63. The predicted molar refractivity (Wildman–Crippen MR) is 123 cm³/mol. The van der Waals surface area contributed by atoms with E-state index >= 15 is 0 Å². The predicted octanol–water partition coefficient (Wildman–Crippen LogP) is 6.89. The van der Waals surface area contributed by atoms with Crippen LogP contribution in [0.1, 0.15) is 42.8 Å². The van der Waals surface area contributed by atoms with E-state index in [4.69, 9.17) is 27.7 Å². The Morgan fingerprint density at radius 2 is 1.67 bits per heavy atom. The van der Waals surface area contributed by atoms with Crippen LogP contribution in [0.15, 0.2) is 53.2 Å². The number of carbonyl (C=O) groups is 1. The maximum atomic E-state index is 13.4. The number of carbonyl (C=O) groups excluding carboxylic acids is 1. The summed E-state index contributed by atoms with van der Waals surface area (Å²) in [6.45, 7) is 7.92. The molecule has 0 saturated carbocycles. The van der Waals surface area contributed by atoms with Crippen molar-refractivity contribution in [1.82, 2.24) is 5.16 Å². The number of anilines is 3. The van der Waals surface area contributed by atoms with Gasteiger partial charge in [0.15, 0.2) is 0 Å². The third-order valence-corrected chi connectivity index (χ3v) is 5.59. The number of halogens is 2. The Morgan fingerprint density at radius 3 is 2.20 bits per heavy atom. The van der Waals surface area contributed by atoms with Crippen LogP contribution in [0.2, 0.25) is 10.0 Å². The zero-order valence-corrected chi connectivity index (χ0v) is 18.9. The van der Waals surface area contributed by atoms with Crippen LogP contribution in [0.5, 0.6) is 0 Å². The first-order valence-electron chi connectivity index (χ1n) is 10.0.